The van der Waals surface area contributed by atoms with Gasteiger partial charge in [0, 0.05) is 25.1 Å². The molecule has 0 aliphatic rings. The number of carbonyl (C=O) groups is 2. The van der Waals surface area contributed by atoms with Crippen LogP contribution in [0.1, 0.15) is 30.5 Å². The van der Waals surface area contributed by atoms with Gasteiger partial charge in [0.15, 0.2) is 0 Å². The van der Waals surface area contributed by atoms with Crippen LogP contribution >= 0.6 is 0 Å². The van der Waals surface area contributed by atoms with Crippen molar-refractivity contribution in [2.45, 2.75) is 50.7 Å². The van der Waals surface area contributed by atoms with Crippen LogP contribution in [0.25, 0.3) is 0 Å². The molecule has 2 amide bonds. The van der Waals surface area contributed by atoms with Crippen LogP contribution in [0.2, 0.25) is 0 Å². The van der Waals surface area contributed by atoms with Gasteiger partial charge in [-0.15, -0.1) is 0 Å². The molecule has 1 N–H and O–H groups in total. The van der Waals surface area contributed by atoms with Crippen LogP contribution in [0, 0.1) is 6.92 Å². The van der Waals surface area contributed by atoms with Crippen molar-refractivity contribution in [1.82, 2.24) is 10.2 Å². The number of hydrogen-bond acceptors (Lipinski definition) is 6. The van der Waals surface area contributed by atoms with Gasteiger partial charge in [0.2, 0.25) is 11.8 Å². The van der Waals surface area contributed by atoms with E-state index in [0.717, 1.165) is 21.0 Å². The lowest BCUT2D eigenvalue weighted by molar-refractivity contribution is -0.140. The highest BCUT2D eigenvalue weighted by atomic mass is 32.2. The molecular weight excluding hydrogens is 602 g/mol. The van der Waals surface area contributed by atoms with Crippen molar-refractivity contribution in [1.29, 1.82) is 0 Å². The monoisotopic (exact) mass is 643 g/mol. The predicted octanol–water partition coefficient (Wildman–Crippen LogP) is 5.37. The van der Waals surface area contributed by atoms with Crippen LogP contribution in [0.5, 0.6) is 11.5 Å². The first-order chi connectivity index (χ1) is 22.0. The zero-order valence-corrected chi connectivity index (χ0v) is 27.7. The van der Waals surface area contributed by atoms with Crippen LogP contribution in [0.3, 0.4) is 0 Å². The number of aryl methyl sites for hydroxylation is 1. The van der Waals surface area contributed by atoms with E-state index in [4.69, 9.17) is 9.47 Å². The Kier molecular flexibility index (Phi) is 11.4. The molecule has 0 aliphatic carbocycles. The molecule has 9 nitrogen and oxygen atoms in total. The fourth-order valence-corrected chi connectivity index (χ4v) is 6.47. The van der Waals surface area contributed by atoms with Gasteiger partial charge in [-0.3, -0.25) is 13.9 Å². The van der Waals surface area contributed by atoms with E-state index >= 15 is 0 Å². The molecule has 46 heavy (non-hydrogen) atoms. The SMILES string of the molecule is COc1ccc(OC)c(N(CC(=O)N(Cc2ccccc2)C(Cc2ccccc2)C(=O)NC(C)C)S(=O)(=O)c2ccc(C)cc2)c1. The minimum Gasteiger partial charge on any atom is -0.497 e. The van der Waals surface area contributed by atoms with Crippen molar-refractivity contribution in [3.63, 3.8) is 0 Å². The van der Waals surface area contributed by atoms with E-state index in [9.17, 15) is 18.0 Å². The summed E-state index contributed by atoms with van der Waals surface area (Å²) in [6, 6.07) is 28.8. The Bertz CT molecular complexity index is 1710. The number of carbonyl (C=O) groups excluding carboxylic acids is 2. The van der Waals surface area contributed by atoms with Gasteiger partial charge in [0.25, 0.3) is 10.0 Å². The summed E-state index contributed by atoms with van der Waals surface area (Å²) in [5.74, 6) is -0.289. The maximum atomic E-state index is 14.6. The normalized spacial score (nSPS) is 11.9. The van der Waals surface area contributed by atoms with Crippen molar-refractivity contribution in [3.8, 4) is 11.5 Å². The summed E-state index contributed by atoms with van der Waals surface area (Å²) in [5.41, 5.74) is 2.66. The van der Waals surface area contributed by atoms with E-state index in [0.29, 0.717) is 5.75 Å². The number of nitrogens with one attached hydrogen (secondary N) is 1. The third kappa shape index (κ3) is 8.45. The first kappa shape index (κ1) is 34.1. The number of nitrogens with zero attached hydrogens (tertiary/aromatic N) is 2. The quantitative estimate of drug-likeness (QED) is 0.198. The molecule has 10 heteroatoms. The smallest absolute Gasteiger partial charge is 0.264 e. The molecule has 0 bridgehead atoms. The fraction of sp³-hybridized carbons (Fsp3) is 0.278. The van der Waals surface area contributed by atoms with E-state index in [2.05, 4.69) is 5.32 Å². The van der Waals surface area contributed by atoms with E-state index in [1.54, 1.807) is 24.3 Å². The Morgan fingerprint density at radius 2 is 1.41 bits per heavy atom. The summed E-state index contributed by atoms with van der Waals surface area (Å²) in [7, 11) is -1.40. The first-order valence-corrected chi connectivity index (χ1v) is 16.5. The lowest BCUT2D eigenvalue weighted by Crippen LogP contribution is -2.54. The molecule has 4 aromatic rings. The van der Waals surface area contributed by atoms with Gasteiger partial charge in [-0.1, -0.05) is 78.4 Å². The molecule has 0 heterocycles. The second-order valence-corrected chi connectivity index (χ2v) is 13.1. The summed E-state index contributed by atoms with van der Waals surface area (Å²) in [4.78, 5) is 29.9. The topological polar surface area (TPSA) is 105 Å². The molecule has 0 radical (unpaired) electrons. The molecular formula is C36H41N3O6S. The summed E-state index contributed by atoms with van der Waals surface area (Å²) < 4.78 is 40.7. The summed E-state index contributed by atoms with van der Waals surface area (Å²) in [6.07, 6.45) is 0.227. The number of sulfonamides is 1. The number of hydrogen-bond donors (Lipinski definition) is 1. The van der Waals surface area contributed by atoms with Gasteiger partial charge in [-0.05, 0) is 56.2 Å². The van der Waals surface area contributed by atoms with Gasteiger partial charge in [-0.2, -0.15) is 0 Å². The van der Waals surface area contributed by atoms with Crippen LogP contribution in [0.4, 0.5) is 5.69 Å². The van der Waals surface area contributed by atoms with Crippen molar-refractivity contribution < 1.29 is 27.5 Å². The molecule has 0 aliphatic heterocycles. The highest BCUT2D eigenvalue weighted by Gasteiger charge is 2.36. The zero-order chi connectivity index (χ0) is 33.3. The third-order valence-electron chi connectivity index (χ3n) is 7.44. The summed E-state index contributed by atoms with van der Waals surface area (Å²) in [6.45, 7) is 5.04. The molecule has 0 fully saturated rings. The molecule has 1 unspecified atom stereocenters. The van der Waals surface area contributed by atoms with E-state index in [1.807, 2.05) is 81.4 Å². The van der Waals surface area contributed by atoms with E-state index in [1.165, 1.54) is 37.3 Å². The molecule has 4 aromatic carbocycles. The van der Waals surface area contributed by atoms with Crippen LogP contribution in [0.15, 0.2) is 108 Å². The number of amides is 2. The Hall–Kier alpha value is -4.83. The molecule has 242 valence electrons. The van der Waals surface area contributed by atoms with Crippen LogP contribution in [-0.4, -0.2) is 58.0 Å². The number of rotatable bonds is 14. The number of benzene rings is 4. The van der Waals surface area contributed by atoms with Crippen LogP contribution in [-0.2, 0) is 32.6 Å². The van der Waals surface area contributed by atoms with Gasteiger partial charge in [0.05, 0.1) is 24.8 Å². The molecule has 0 saturated heterocycles. The van der Waals surface area contributed by atoms with E-state index in [-0.39, 0.29) is 41.2 Å². The molecule has 1 atom stereocenters. The predicted molar refractivity (Wildman–Crippen MR) is 179 cm³/mol. The standard InChI is InChI=1S/C36H41N3O6S/c1-26(2)37-36(41)33(22-28-12-8-6-9-13-28)38(24-29-14-10-7-11-15-29)35(40)25-39(32-23-30(44-4)18-21-34(32)45-5)46(42,43)31-19-16-27(3)17-20-31/h6-21,23,26,33H,22,24-25H2,1-5H3,(H,37,41). The molecule has 0 spiro atoms. The number of anilines is 1. The van der Waals surface area contributed by atoms with Crippen molar-refractivity contribution >= 4 is 27.5 Å². The minimum atomic E-state index is -4.30. The first-order valence-electron chi connectivity index (χ1n) is 15.0. The second-order valence-electron chi connectivity index (χ2n) is 11.2. The maximum absolute atomic E-state index is 14.6. The van der Waals surface area contributed by atoms with E-state index < -0.39 is 28.5 Å². The minimum absolute atomic E-state index is 0.00349. The fourth-order valence-electron chi connectivity index (χ4n) is 5.06. The number of methoxy groups -OCH3 is 2. The van der Waals surface area contributed by atoms with Crippen molar-refractivity contribution in [3.05, 3.63) is 120 Å². The zero-order valence-electron chi connectivity index (χ0n) is 26.8. The second kappa shape index (κ2) is 15.4. The summed E-state index contributed by atoms with van der Waals surface area (Å²) in [5, 5.41) is 2.96. The van der Waals surface area contributed by atoms with Gasteiger partial charge in [-0.25, -0.2) is 8.42 Å². The Morgan fingerprint density at radius 1 is 0.804 bits per heavy atom. The van der Waals surface area contributed by atoms with Gasteiger partial charge in [0.1, 0.15) is 24.1 Å². The Labute approximate surface area is 271 Å². The largest absolute Gasteiger partial charge is 0.497 e. The highest BCUT2D eigenvalue weighted by Crippen LogP contribution is 2.36. The molecule has 4 rings (SSSR count). The molecule has 0 saturated carbocycles. The third-order valence-corrected chi connectivity index (χ3v) is 9.21. The average Bonchev–Trinajstić information content (AvgIpc) is 3.05. The lowest BCUT2D eigenvalue weighted by Gasteiger charge is -2.34. The highest BCUT2D eigenvalue weighted by molar-refractivity contribution is 7.92. The van der Waals surface area contributed by atoms with Gasteiger partial charge < -0.3 is 19.7 Å². The average molecular weight is 644 g/mol. The molecule has 0 aromatic heterocycles. The Morgan fingerprint density at radius 3 is 1.98 bits per heavy atom. The maximum Gasteiger partial charge on any atom is 0.264 e. The van der Waals surface area contributed by atoms with Gasteiger partial charge >= 0.3 is 0 Å². The summed E-state index contributed by atoms with van der Waals surface area (Å²) >= 11 is 0. The van der Waals surface area contributed by atoms with Crippen LogP contribution < -0.4 is 19.1 Å². The number of ether oxygens (including phenoxy) is 2. The van der Waals surface area contributed by atoms with Crippen molar-refractivity contribution in [2.75, 3.05) is 25.1 Å². The Balaban J connectivity index is 1.85. The van der Waals surface area contributed by atoms with Crippen molar-refractivity contribution in [2.24, 2.45) is 0 Å². The lowest BCUT2D eigenvalue weighted by atomic mass is 10.0.